The van der Waals surface area contributed by atoms with Crippen LogP contribution in [0.5, 0.6) is 0 Å². The molecule has 0 aliphatic carbocycles. The van der Waals surface area contributed by atoms with Crippen LogP contribution in [-0.2, 0) is 4.79 Å². The maximum Gasteiger partial charge on any atom is 0.233 e. The smallest absolute Gasteiger partial charge is 0.233 e. The zero-order valence-electron chi connectivity index (χ0n) is 13.4. The summed E-state index contributed by atoms with van der Waals surface area (Å²) in [6.45, 7) is 6.14. The van der Waals surface area contributed by atoms with Gasteiger partial charge in [0, 0.05) is 31.0 Å². The molecule has 23 heavy (non-hydrogen) atoms. The Bertz CT molecular complexity index is 650. The van der Waals surface area contributed by atoms with E-state index in [2.05, 4.69) is 34.0 Å². The Kier molecular flexibility index (Phi) is 4.95. The van der Waals surface area contributed by atoms with Gasteiger partial charge in [0.15, 0.2) is 5.82 Å². The average molecular weight is 331 g/mol. The van der Waals surface area contributed by atoms with Crippen LogP contribution in [0.3, 0.4) is 0 Å². The van der Waals surface area contributed by atoms with Crippen LogP contribution in [0.15, 0.2) is 29.7 Å². The zero-order chi connectivity index (χ0) is 16.2. The van der Waals surface area contributed by atoms with Gasteiger partial charge < -0.3 is 4.90 Å². The fourth-order valence-corrected chi connectivity index (χ4v) is 3.74. The number of thioether (sulfide) groups is 1. The van der Waals surface area contributed by atoms with Crippen molar-refractivity contribution in [3.05, 3.63) is 24.5 Å². The summed E-state index contributed by atoms with van der Waals surface area (Å²) in [5.74, 6) is 2.41. The predicted octanol–water partition coefficient (Wildman–Crippen LogP) is 2.46. The number of rotatable bonds is 4. The van der Waals surface area contributed by atoms with E-state index in [1.54, 1.807) is 12.4 Å². The molecule has 0 radical (unpaired) electrons. The molecule has 0 bridgehead atoms. The highest BCUT2D eigenvalue weighted by Crippen LogP contribution is 2.23. The molecule has 0 aromatic carbocycles. The normalized spacial score (nSPS) is 21.4. The number of H-pyrrole nitrogens is 1. The third-order valence-corrected chi connectivity index (χ3v) is 4.80. The molecule has 2 atom stereocenters. The predicted molar refractivity (Wildman–Crippen MR) is 89.9 cm³/mol. The maximum absolute atomic E-state index is 12.4. The molecule has 1 amide bonds. The van der Waals surface area contributed by atoms with Crippen molar-refractivity contribution in [2.45, 2.75) is 25.4 Å². The molecule has 6 nitrogen and oxygen atoms in total. The Hall–Kier alpha value is -1.89. The molecular weight excluding hydrogens is 310 g/mol. The van der Waals surface area contributed by atoms with Crippen LogP contribution in [0.2, 0.25) is 0 Å². The molecular formula is C16H21N5OS. The van der Waals surface area contributed by atoms with Gasteiger partial charge in [0.05, 0.1) is 5.75 Å². The number of likely N-dealkylation sites (tertiary alicyclic amines) is 1. The van der Waals surface area contributed by atoms with Crippen LogP contribution >= 0.6 is 11.8 Å². The average Bonchev–Trinajstić information content (AvgIpc) is 3.01. The Morgan fingerprint density at radius 1 is 1.30 bits per heavy atom. The van der Waals surface area contributed by atoms with E-state index in [1.165, 1.54) is 18.2 Å². The zero-order valence-corrected chi connectivity index (χ0v) is 14.2. The van der Waals surface area contributed by atoms with Gasteiger partial charge in [-0.2, -0.15) is 0 Å². The van der Waals surface area contributed by atoms with Gasteiger partial charge in [-0.3, -0.25) is 14.9 Å². The molecule has 2 aromatic heterocycles. The molecule has 0 spiro atoms. The monoisotopic (exact) mass is 331 g/mol. The number of aromatic amines is 1. The van der Waals surface area contributed by atoms with Crippen molar-refractivity contribution in [2.75, 3.05) is 18.8 Å². The Morgan fingerprint density at radius 2 is 2.00 bits per heavy atom. The van der Waals surface area contributed by atoms with Crippen molar-refractivity contribution in [2.24, 2.45) is 11.8 Å². The summed E-state index contributed by atoms with van der Waals surface area (Å²) in [7, 11) is 0. The second-order valence-electron chi connectivity index (χ2n) is 6.24. The van der Waals surface area contributed by atoms with Crippen molar-refractivity contribution in [3.63, 3.8) is 0 Å². The Morgan fingerprint density at radius 3 is 2.70 bits per heavy atom. The van der Waals surface area contributed by atoms with Crippen molar-refractivity contribution < 1.29 is 4.79 Å². The summed E-state index contributed by atoms with van der Waals surface area (Å²) >= 11 is 1.38. The molecule has 2 aromatic rings. The number of hydrogen-bond acceptors (Lipinski definition) is 5. The first-order valence-electron chi connectivity index (χ1n) is 7.85. The minimum Gasteiger partial charge on any atom is -0.341 e. The van der Waals surface area contributed by atoms with Gasteiger partial charge in [-0.15, -0.1) is 5.10 Å². The summed E-state index contributed by atoms with van der Waals surface area (Å²) in [5, 5.41) is 7.68. The van der Waals surface area contributed by atoms with Crippen molar-refractivity contribution in [3.8, 4) is 11.4 Å². The first kappa shape index (κ1) is 16.0. The lowest BCUT2D eigenvalue weighted by Gasteiger charge is -2.34. The highest BCUT2D eigenvalue weighted by atomic mass is 32.2. The molecule has 3 rings (SSSR count). The highest BCUT2D eigenvalue weighted by Gasteiger charge is 2.25. The number of carbonyl (C=O) groups excluding carboxylic acids is 1. The lowest BCUT2D eigenvalue weighted by atomic mass is 9.92. The van der Waals surface area contributed by atoms with Crippen molar-refractivity contribution in [1.82, 2.24) is 25.1 Å². The van der Waals surface area contributed by atoms with E-state index >= 15 is 0 Å². The number of piperidine rings is 1. The largest absolute Gasteiger partial charge is 0.341 e. The Labute approximate surface area is 140 Å². The van der Waals surface area contributed by atoms with E-state index in [0.29, 0.717) is 28.6 Å². The number of hydrogen-bond donors (Lipinski definition) is 1. The van der Waals surface area contributed by atoms with Crippen LogP contribution in [0.4, 0.5) is 0 Å². The second-order valence-corrected chi connectivity index (χ2v) is 7.18. The van der Waals surface area contributed by atoms with E-state index in [4.69, 9.17) is 0 Å². The number of amides is 1. The SMILES string of the molecule is CC1CC(C)CN(C(=O)CSc2n[nH]c(-c3ccncc3)n2)C1. The first-order valence-corrected chi connectivity index (χ1v) is 8.83. The summed E-state index contributed by atoms with van der Waals surface area (Å²) in [5.41, 5.74) is 0.935. The Balaban J connectivity index is 1.56. The van der Waals surface area contributed by atoms with E-state index < -0.39 is 0 Å². The van der Waals surface area contributed by atoms with Crippen molar-refractivity contribution >= 4 is 17.7 Å². The van der Waals surface area contributed by atoms with Gasteiger partial charge in [0.25, 0.3) is 0 Å². The standard InChI is InChI=1S/C16H21N5OS/c1-11-7-12(2)9-21(8-11)14(22)10-23-16-18-15(19-20-16)13-3-5-17-6-4-13/h3-6,11-12H,7-10H2,1-2H3,(H,18,19,20). The molecule has 1 aliphatic heterocycles. The van der Waals surface area contributed by atoms with E-state index in [0.717, 1.165) is 18.7 Å². The molecule has 1 saturated heterocycles. The summed E-state index contributed by atoms with van der Waals surface area (Å²) in [6, 6.07) is 3.74. The van der Waals surface area contributed by atoms with E-state index in [9.17, 15) is 4.79 Å². The van der Waals surface area contributed by atoms with Gasteiger partial charge >= 0.3 is 0 Å². The summed E-state index contributed by atoms with van der Waals surface area (Å²) in [6.07, 6.45) is 4.63. The molecule has 3 heterocycles. The van der Waals surface area contributed by atoms with Crippen LogP contribution in [-0.4, -0.2) is 49.8 Å². The molecule has 7 heteroatoms. The minimum absolute atomic E-state index is 0.170. The lowest BCUT2D eigenvalue weighted by Crippen LogP contribution is -2.43. The van der Waals surface area contributed by atoms with Crippen LogP contribution in [0, 0.1) is 11.8 Å². The van der Waals surface area contributed by atoms with Crippen LogP contribution in [0.1, 0.15) is 20.3 Å². The van der Waals surface area contributed by atoms with E-state index in [-0.39, 0.29) is 5.91 Å². The van der Waals surface area contributed by atoms with Crippen LogP contribution < -0.4 is 0 Å². The minimum atomic E-state index is 0.170. The van der Waals surface area contributed by atoms with Gasteiger partial charge in [-0.25, -0.2) is 4.98 Å². The molecule has 1 aliphatic rings. The van der Waals surface area contributed by atoms with E-state index in [1.807, 2.05) is 17.0 Å². The lowest BCUT2D eigenvalue weighted by molar-refractivity contribution is -0.130. The summed E-state index contributed by atoms with van der Waals surface area (Å²) in [4.78, 5) is 22.8. The van der Waals surface area contributed by atoms with Crippen LogP contribution in [0.25, 0.3) is 11.4 Å². The molecule has 2 unspecified atom stereocenters. The molecule has 1 fully saturated rings. The third kappa shape index (κ3) is 4.10. The summed E-state index contributed by atoms with van der Waals surface area (Å²) < 4.78 is 0. The number of carbonyl (C=O) groups is 1. The number of nitrogens with one attached hydrogen (secondary N) is 1. The topological polar surface area (TPSA) is 74.8 Å². The first-order chi connectivity index (χ1) is 11.1. The second kappa shape index (κ2) is 7.12. The number of aromatic nitrogens is 4. The molecule has 1 N–H and O–H groups in total. The van der Waals surface area contributed by atoms with Gasteiger partial charge in [0.2, 0.25) is 11.1 Å². The fraction of sp³-hybridized carbons (Fsp3) is 0.500. The molecule has 122 valence electrons. The van der Waals surface area contributed by atoms with Gasteiger partial charge in [0.1, 0.15) is 0 Å². The quantitative estimate of drug-likeness (QED) is 0.871. The highest BCUT2D eigenvalue weighted by molar-refractivity contribution is 7.99. The number of pyridine rings is 1. The van der Waals surface area contributed by atoms with Gasteiger partial charge in [-0.1, -0.05) is 25.6 Å². The van der Waals surface area contributed by atoms with Gasteiger partial charge in [-0.05, 0) is 30.4 Å². The molecule has 0 saturated carbocycles. The maximum atomic E-state index is 12.4. The third-order valence-electron chi connectivity index (χ3n) is 3.96. The fourth-order valence-electron chi connectivity index (χ4n) is 3.03. The number of nitrogens with zero attached hydrogens (tertiary/aromatic N) is 4. The van der Waals surface area contributed by atoms with Crippen molar-refractivity contribution in [1.29, 1.82) is 0 Å².